The predicted molar refractivity (Wildman–Crippen MR) is 111 cm³/mol. The monoisotopic (exact) mass is 369 g/mol. The van der Waals surface area contributed by atoms with Crippen molar-refractivity contribution >= 4 is 28.6 Å². The molecule has 26 heavy (non-hydrogen) atoms. The minimum Gasteiger partial charge on any atom is -0.372 e. The Labute approximate surface area is 160 Å². The van der Waals surface area contributed by atoms with Crippen LogP contribution in [0.1, 0.15) is 24.1 Å². The second-order valence-electron chi connectivity index (χ2n) is 6.68. The first-order valence-corrected chi connectivity index (χ1v) is 10.1. The van der Waals surface area contributed by atoms with Gasteiger partial charge >= 0.3 is 0 Å². The summed E-state index contributed by atoms with van der Waals surface area (Å²) in [4.78, 5) is 18.2. The summed E-state index contributed by atoms with van der Waals surface area (Å²) in [7, 11) is 0. The maximum absolute atomic E-state index is 12.4. The number of anilines is 2. The lowest BCUT2D eigenvalue weighted by molar-refractivity contribution is -0.117. The SMILES string of the molecule is C=CCN(CC(=O)Nc1ccc(N2CCCCC2)cc1)Cc1cccs1. The maximum atomic E-state index is 12.4. The number of rotatable bonds is 8. The van der Waals surface area contributed by atoms with E-state index in [1.807, 2.05) is 24.3 Å². The number of amides is 1. The Hall–Kier alpha value is -2.11. The summed E-state index contributed by atoms with van der Waals surface area (Å²) in [5, 5.41) is 5.07. The number of carbonyl (C=O) groups excluding carboxylic acids is 1. The summed E-state index contributed by atoms with van der Waals surface area (Å²) >= 11 is 1.71. The van der Waals surface area contributed by atoms with Crippen molar-refractivity contribution in [3.63, 3.8) is 0 Å². The van der Waals surface area contributed by atoms with E-state index < -0.39 is 0 Å². The van der Waals surface area contributed by atoms with E-state index in [9.17, 15) is 4.79 Å². The van der Waals surface area contributed by atoms with Crippen LogP contribution in [0, 0.1) is 0 Å². The van der Waals surface area contributed by atoms with Crippen molar-refractivity contribution in [3.8, 4) is 0 Å². The molecule has 3 rings (SSSR count). The van der Waals surface area contributed by atoms with Gasteiger partial charge in [-0.3, -0.25) is 9.69 Å². The second kappa shape index (κ2) is 9.55. The normalized spacial score (nSPS) is 14.4. The van der Waals surface area contributed by atoms with Crippen molar-refractivity contribution in [3.05, 3.63) is 59.3 Å². The fraction of sp³-hybridized carbons (Fsp3) is 0.381. The van der Waals surface area contributed by atoms with Gasteiger partial charge in [-0.15, -0.1) is 17.9 Å². The molecule has 1 aliphatic rings. The third kappa shape index (κ3) is 5.44. The molecule has 1 aromatic carbocycles. The number of carbonyl (C=O) groups is 1. The minimum absolute atomic E-state index is 0.00845. The first kappa shape index (κ1) is 18.7. The van der Waals surface area contributed by atoms with E-state index in [2.05, 4.69) is 45.3 Å². The summed E-state index contributed by atoms with van der Waals surface area (Å²) in [6.07, 6.45) is 5.70. The lowest BCUT2D eigenvalue weighted by atomic mass is 10.1. The molecule has 0 bridgehead atoms. The van der Waals surface area contributed by atoms with Crippen LogP contribution in [0.2, 0.25) is 0 Å². The van der Waals surface area contributed by atoms with Crippen LogP contribution in [0.4, 0.5) is 11.4 Å². The molecular weight excluding hydrogens is 342 g/mol. The highest BCUT2D eigenvalue weighted by Gasteiger charge is 2.13. The van der Waals surface area contributed by atoms with Gasteiger partial charge in [-0.25, -0.2) is 0 Å². The molecule has 2 aromatic rings. The Bertz CT molecular complexity index is 691. The van der Waals surface area contributed by atoms with E-state index in [-0.39, 0.29) is 5.91 Å². The number of nitrogens with zero attached hydrogens (tertiary/aromatic N) is 2. The molecule has 1 aliphatic heterocycles. The molecule has 138 valence electrons. The quantitative estimate of drug-likeness (QED) is 0.702. The molecule has 1 saturated heterocycles. The highest BCUT2D eigenvalue weighted by atomic mass is 32.1. The number of benzene rings is 1. The predicted octanol–water partition coefficient (Wildman–Crippen LogP) is 4.37. The van der Waals surface area contributed by atoms with E-state index >= 15 is 0 Å². The largest absolute Gasteiger partial charge is 0.372 e. The Morgan fingerprint density at radius 1 is 1.19 bits per heavy atom. The van der Waals surface area contributed by atoms with E-state index in [4.69, 9.17) is 0 Å². The van der Waals surface area contributed by atoms with Gasteiger partial charge in [0.2, 0.25) is 5.91 Å². The van der Waals surface area contributed by atoms with Crippen LogP contribution < -0.4 is 10.2 Å². The minimum atomic E-state index is 0.00845. The topological polar surface area (TPSA) is 35.6 Å². The number of hydrogen-bond acceptors (Lipinski definition) is 4. The maximum Gasteiger partial charge on any atom is 0.238 e. The second-order valence-corrected chi connectivity index (χ2v) is 7.71. The molecule has 5 heteroatoms. The summed E-state index contributed by atoms with van der Waals surface area (Å²) in [5.41, 5.74) is 2.10. The Kier molecular flexibility index (Phi) is 6.86. The fourth-order valence-corrected chi connectivity index (χ4v) is 4.05. The molecular formula is C21H27N3OS. The Balaban J connectivity index is 1.53. The van der Waals surface area contributed by atoms with Crippen LogP contribution in [-0.4, -0.2) is 37.0 Å². The number of hydrogen-bond donors (Lipinski definition) is 1. The summed E-state index contributed by atoms with van der Waals surface area (Å²) in [5.74, 6) is 0.00845. The van der Waals surface area contributed by atoms with E-state index in [0.29, 0.717) is 13.1 Å². The lowest BCUT2D eigenvalue weighted by Crippen LogP contribution is -2.33. The third-order valence-electron chi connectivity index (χ3n) is 4.59. The summed E-state index contributed by atoms with van der Waals surface area (Å²) in [6.45, 7) is 7.88. The standard InChI is InChI=1S/C21H27N3OS/c1-2-12-23(16-20-7-6-15-26-20)17-21(25)22-18-8-10-19(11-9-18)24-13-4-3-5-14-24/h2,6-11,15H,1,3-5,12-14,16-17H2,(H,22,25). The Morgan fingerprint density at radius 3 is 2.62 bits per heavy atom. The molecule has 1 amide bonds. The van der Waals surface area contributed by atoms with Crippen LogP contribution in [0.25, 0.3) is 0 Å². The smallest absolute Gasteiger partial charge is 0.238 e. The molecule has 1 fully saturated rings. The molecule has 0 saturated carbocycles. The van der Waals surface area contributed by atoms with Gasteiger partial charge in [-0.05, 0) is 55.0 Å². The average Bonchev–Trinajstić information content (AvgIpc) is 3.16. The molecule has 0 aliphatic carbocycles. The van der Waals surface area contributed by atoms with Crippen molar-refractivity contribution < 1.29 is 4.79 Å². The Morgan fingerprint density at radius 2 is 1.96 bits per heavy atom. The summed E-state index contributed by atoms with van der Waals surface area (Å²) in [6, 6.07) is 12.3. The number of thiophene rings is 1. The highest BCUT2D eigenvalue weighted by Crippen LogP contribution is 2.22. The summed E-state index contributed by atoms with van der Waals surface area (Å²) < 4.78 is 0. The lowest BCUT2D eigenvalue weighted by Gasteiger charge is -2.28. The van der Waals surface area contributed by atoms with E-state index in [0.717, 1.165) is 25.3 Å². The van der Waals surface area contributed by atoms with Crippen LogP contribution in [0.3, 0.4) is 0 Å². The average molecular weight is 370 g/mol. The van der Waals surface area contributed by atoms with Crippen LogP contribution in [-0.2, 0) is 11.3 Å². The highest BCUT2D eigenvalue weighted by molar-refractivity contribution is 7.09. The zero-order valence-electron chi connectivity index (χ0n) is 15.2. The van der Waals surface area contributed by atoms with Gasteiger partial charge in [-0.1, -0.05) is 12.1 Å². The first-order chi connectivity index (χ1) is 12.7. The molecule has 1 aromatic heterocycles. The fourth-order valence-electron chi connectivity index (χ4n) is 3.30. The van der Waals surface area contributed by atoms with Gasteiger partial charge in [0.15, 0.2) is 0 Å². The van der Waals surface area contributed by atoms with Crippen molar-refractivity contribution in [1.82, 2.24) is 4.90 Å². The number of nitrogens with one attached hydrogen (secondary N) is 1. The molecule has 0 spiro atoms. The zero-order valence-corrected chi connectivity index (χ0v) is 16.0. The van der Waals surface area contributed by atoms with Crippen LogP contribution in [0.15, 0.2) is 54.4 Å². The van der Waals surface area contributed by atoms with Gasteiger partial charge < -0.3 is 10.2 Å². The molecule has 2 heterocycles. The van der Waals surface area contributed by atoms with Gasteiger partial charge in [0.05, 0.1) is 6.54 Å². The zero-order chi connectivity index (χ0) is 18.2. The van der Waals surface area contributed by atoms with Gasteiger partial charge in [0.1, 0.15) is 0 Å². The van der Waals surface area contributed by atoms with Crippen molar-refractivity contribution in [1.29, 1.82) is 0 Å². The van der Waals surface area contributed by atoms with Crippen molar-refractivity contribution in [2.24, 2.45) is 0 Å². The molecule has 0 atom stereocenters. The first-order valence-electron chi connectivity index (χ1n) is 9.25. The number of piperidine rings is 1. The van der Waals surface area contributed by atoms with Gasteiger partial charge in [0, 0.05) is 42.4 Å². The molecule has 1 N–H and O–H groups in total. The van der Waals surface area contributed by atoms with E-state index in [1.54, 1.807) is 11.3 Å². The molecule has 0 radical (unpaired) electrons. The van der Waals surface area contributed by atoms with Crippen molar-refractivity contribution in [2.75, 3.05) is 36.4 Å². The molecule has 0 unspecified atom stereocenters. The van der Waals surface area contributed by atoms with Crippen molar-refractivity contribution in [2.45, 2.75) is 25.8 Å². The van der Waals surface area contributed by atoms with Gasteiger partial charge in [-0.2, -0.15) is 0 Å². The van der Waals surface area contributed by atoms with E-state index in [1.165, 1.54) is 29.8 Å². The molecule has 4 nitrogen and oxygen atoms in total. The van der Waals surface area contributed by atoms with Crippen LogP contribution in [0.5, 0.6) is 0 Å². The third-order valence-corrected chi connectivity index (χ3v) is 5.45. The van der Waals surface area contributed by atoms with Crippen LogP contribution >= 0.6 is 11.3 Å². The van der Waals surface area contributed by atoms with Gasteiger partial charge in [0.25, 0.3) is 0 Å².